The van der Waals surface area contributed by atoms with Crippen molar-refractivity contribution in [2.75, 3.05) is 45.0 Å². The predicted octanol–water partition coefficient (Wildman–Crippen LogP) is 5.06. The highest BCUT2D eigenvalue weighted by Gasteiger charge is 2.41. The van der Waals surface area contributed by atoms with Gasteiger partial charge >= 0.3 is 59.9 Å². The van der Waals surface area contributed by atoms with Crippen molar-refractivity contribution < 1.29 is 126 Å². The first-order valence-electron chi connectivity index (χ1n) is 41.2. The van der Waals surface area contributed by atoms with Crippen LogP contribution in [0.3, 0.4) is 0 Å². The zero-order valence-electron chi connectivity index (χ0n) is 71.5. The summed E-state index contributed by atoms with van der Waals surface area (Å²) in [4.78, 5) is 228. The number of piperidine rings is 1. The van der Waals surface area contributed by atoms with Crippen molar-refractivity contribution in [1.82, 2.24) is 73.5 Å². The van der Waals surface area contributed by atoms with Crippen molar-refractivity contribution in [3.8, 4) is 5.75 Å². The molecule has 4 aromatic rings. The average Bonchev–Trinajstić information content (AvgIpc) is 1.24. The number of phenolic OH excluding ortho intramolecular Hbond substituents is 1. The summed E-state index contributed by atoms with van der Waals surface area (Å²) >= 11 is 1.01. The van der Waals surface area contributed by atoms with E-state index in [2.05, 4.69) is 58.4 Å². The zero-order valence-corrected chi connectivity index (χ0v) is 73.9. The van der Waals surface area contributed by atoms with E-state index < -0.39 is 188 Å². The number of benzene rings is 3. The van der Waals surface area contributed by atoms with E-state index in [1.165, 1.54) is 36.3 Å². The molecule has 1 aliphatic rings. The Morgan fingerprint density at radius 2 is 1.26 bits per heavy atom. The molecule has 1 fully saturated rings. The molecule has 1 saturated heterocycles. The van der Waals surface area contributed by atoms with Crippen LogP contribution < -0.4 is 58.7 Å². The van der Waals surface area contributed by atoms with Crippen LogP contribution in [-0.2, 0) is 102 Å². The number of urea groups is 2. The lowest BCUT2D eigenvalue weighted by Crippen LogP contribution is -2.59. The number of hydrogen-bond acceptors (Lipinski definition) is 26. The normalized spacial score (nSPS) is 15.1. The first-order valence-corrected chi connectivity index (χ1v) is 44.6. The Hall–Kier alpha value is -11.9. The van der Waals surface area contributed by atoms with Gasteiger partial charge in [-0.3, -0.25) is 63.1 Å². The number of esters is 2. The van der Waals surface area contributed by atoms with Crippen LogP contribution in [0.1, 0.15) is 182 Å². The van der Waals surface area contributed by atoms with Crippen LogP contribution >= 0.6 is 32.9 Å². The fourth-order valence-electron chi connectivity index (χ4n) is 13.1. The number of aromatic nitrogens is 1. The first kappa shape index (κ1) is 105. The second kappa shape index (κ2) is 54.8. The van der Waals surface area contributed by atoms with Gasteiger partial charge in [-0.05, 0) is 118 Å². The molecule has 0 spiro atoms. The number of carbonyl (C=O) groups excluding carboxylic acids is 12. The number of nitrogens with one attached hydrogen (secondary N) is 11. The number of carboxylic acid groups (broad SMARTS) is 5. The summed E-state index contributed by atoms with van der Waals surface area (Å²) in [7, 11) is 3.81. The molecular formula is C83H116N14O26S3. The van der Waals surface area contributed by atoms with Gasteiger partial charge in [0.05, 0.1) is 18.9 Å². The van der Waals surface area contributed by atoms with Gasteiger partial charge in [-0.2, -0.15) is 0 Å². The third-order valence-electron chi connectivity index (χ3n) is 20.2. The van der Waals surface area contributed by atoms with Crippen molar-refractivity contribution >= 4 is 134 Å². The van der Waals surface area contributed by atoms with Gasteiger partial charge in [-0.15, -0.1) is 11.3 Å². The maximum absolute atomic E-state index is 15.0. The smallest absolute Gasteiger partial charge is 0.426 e. The molecule has 17 N–H and O–H groups in total. The standard InChI is InChI=1S/C83H116N14O26S3/c1-9-18-69(105)122-46-97(77(111)70(48(5)10-2)93-75(110)63-22-15-17-34-96(63)8)64(47(3)4)42-65(123-50(7)98)76-90-61(44-124-76)74(109)86-55(38-52-27-29-56(99)30-28-52)37-49(6)71(106)94-95-83(120)121-35-36-125-126-45-62(80(116)117)89-73(108)60(41-68(103)104)88-72(107)59(39-51-19-12-11-13-20-51)87-66(100)40-53-23-25-54(26-24-53)43-85-81(118)84-33-16-14-21-57(78(112)113)91-82(119)92-58(79(114)115)31-32-67(101)102/h11-13,19-20,23-30,44,47-49,55,57-60,62-65,70,99H,9-10,14-18,21-22,31-43,45-46H2,1-8H3,(H,86,109)(H,87,100)(H,88,107)(H,89,108)(H,93,110)(H,94,106)(H,95,120)(H,101,102)(H,103,104)(H,112,113)(H,114,115)(H,116,117)(H2,84,85,118)(H2,91,92,119)/t48-,49-,55+,57-,58-,59-,60-,62-,63+,64+,65+,70?/m0/s1. The third kappa shape index (κ3) is 38.3. The number of amides is 12. The highest BCUT2D eigenvalue weighted by molar-refractivity contribution is 8.76. The van der Waals surface area contributed by atoms with Crippen LogP contribution in [-0.4, -0.2) is 246 Å². The second-order valence-electron chi connectivity index (χ2n) is 30.6. The molecule has 0 saturated carbocycles. The molecule has 43 heteroatoms. The molecule has 692 valence electrons. The number of likely N-dealkylation sites (N-methyl/N-ethyl adjacent to an activating group) is 1. The summed E-state index contributed by atoms with van der Waals surface area (Å²) < 4.78 is 16.8. The Labute approximate surface area is 740 Å². The topological polar surface area (TPSA) is 591 Å². The Morgan fingerprint density at radius 3 is 1.88 bits per heavy atom. The minimum atomic E-state index is -1.85. The molecule has 1 unspecified atom stereocenters. The van der Waals surface area contributed by atoms with E-state index in [1.54, 1.807) is 73.7 Å². The number of thiazole rings is 1. The number of ether oxygens (including phenoxy) is 3. The van der Waals surface area contributed by atoms with E-state index in [9.17, 15) is 102 Å². The van der Waals surface area contributed by atoms with Crippen LogP contribution in [0.15, 0.2) is 84.2 Å². The lowest BCUT2D eigenvalue weighted by Gasteiger charge is -2.39. The number of carboxylic acids is 5. The molecule has 0 bridgehead atoms. The number of carbonyl (C=O) groups is 17. The molecular weight excluding hydrogens is 1710 g/mol. The molecule has 3 aromatic carbocycles. The monoisotopic (exact) mass is 1820 g/mol. The molecule has 1 aliphatic heterocycles. The number of rotatable bonds is 54. The van der Waals surface area contributed by atoms with E-state index in [4.69, 9.17) is 19.3 Å². The van der Waals surface area contributed by atoms with Crippen molar-refractivity contribution in [3.05, 3.63) is 117 Å². The molecule has 5 rings (SSSR count). The van der Waals surface area contributed by atoms with Gasteiger partial charge in [0.15, 0.2) is 12.8 Å². The number of hydrogen-bond donors (Lipinski definition) is 17. The van der Waals surface area contributed by atoms with Gasteiger partial charge in [-0.25, -0.2) is 39.2 Å². The SMILES string of the molecule is CCCC(=O)OCN(C(=O)C(NC(=O)[C@H]1CCCCN1C)[C@@H](C)CC)[C@H](C[C@@H](OC(C)=O)c1nc(C(=O)N[C@@H](Cc2ccc(O)cc2)C[C@H](C)C(=O)NNC(=O)OCCSSC[C@H](NC(=O)[C@H](CC(=O)O)NC(=O)[C@H](Cc2ccccc2)NC(=O)Cc2ccc(CNC(=O)NCCCC[C@H](NC(=O)N[C@@H](CCC(=O)O)C(=O)O)C(=O)O)cc2)C(=O)O)cs1)C(C)C. The summed E-state index contributed by atoms with van der Waals surface area (Å²) in [5, 5.41) is 82.0. The zero-order chi connectivity index (χ0) is 93.1. The first-order chi connectivity index (χ1) is 59.8. The van der Waals surface area contributed by atoms with Crippen molar-refractivity contribution in [1.29, 1.82) is 0 Å². The summed E-state index contributed by atoms with van der Waals surface area (Å²) in [6, 6.07) is 8.30. The summed E-state index contributed by atoms with van der Waals surface area (Å²) in [6.45, 7) is 12.1. The van der Waals surface area contributed by atoms with Gasteiger partial charge in [0.25, 0.3) is 5.91 Å². The van der Waals surface area contributed by atoms with Crippen molar-refractivity contribution in [2.45, 2.75) is 225 Å². The number of aliphatic carboxylic acids is 5. The largest absolute Gasteiger partial charge is 0.508 e. The number of likely N-dealkylation sites (tertiary alicyclic amines) is 1. The number of aromatic hydroxyl groups is 1. The second-order valence-corrected chi connectivity index (χ2v) is 34.1. The lowest BCUT2D eigenvalue weighted by molar-refractivity contribution is -0.161. The number of hydrazine groups is 1. The van der Waals surface area contributed by atoms with Crippen LogP contribution in [0.5, 0.6) is 5.75 Å². The molecule has 12 atom stereocenters. The fourth-order valence-corrected chi connectivity index (χ4v) is 15.9. The minimum absolute atomic E-state index is 0.0255. The third-order valence-corrected chi connectivity index (χ3v) is 23.5. The maximum atomic E-state index is 15.0. The Kier molecular flexibility index (Phi) is 45.5. The Balaban J connectivity index is 1.12. The fraction of sp³-hybridized carbons (Fsp3) is 0.542. The summed E-state index contributed by atoms with van der Waals surface area (Å²) in [5.41, 5.74) is 6.66. The summed E-state index contributed by atoms with van der Waals surface area (Å²) in [5.74, 6) is -15.5. The molecule has 1 aromatic heterocycles. The Morgan fingerprint density at radius 1 is 0.627 bits per heavy atom. The van der Waals surface area contributed by atoms with E-state index in [0.29, 0.717) is 48.1 Å². The van der Waals surface area contributed by atoms with Gasteiger partial charge in [0.1, 0.15) is 59.3 Å². The van der Waals surface area contributed by atoms with Crippen LogP contribution in [0, 0.1) is 17.8 Å². The number of nitrogens with zero attached hydrogens (tertiary/aromatic N) is 3. The maximum Gasteiger partial charge on any atom is 0.426 e. The molecule has 12 amide bonds. The van der Waals surface area contributed by atoms with E-state index in [1.807, 2.05) is 45.0 Å². The van der Waals surface area contributed by atoms with Crippen LogP contribution in [0.2, 0.25) is 0 Å². The summed E-state index contributed by atoms with van der Waals surface area (Å²) in [6.07, 6.45) is -0.735. The number of unbranched alkanes of at least 4 members (excludes halogenated alkanes) is 1. The van der Waals surface area contributed by atoms with Gasteiger partial charge in [0, 0.05) is 80.6 Å². The molecule has 126 heavy (non-hydrogen) atoms. The van der Waals surface area contributed by atoms with Gasteiger partial charge in [0.2, 0.25) is 35.4 Å². The van der Waals surface area contributed by atoms with E-state index in [0.717, 1.165) is 45.8 Å². The molecule has 2 heterocycles. The quantitative estimate of drug-likeness (QED) is 0.00686. The van der Waals surface area contributed by atoms with E-state index >= 15 is 4.79 Å². The van der Waals surface area contributed by atoms with Crippen LogP contribution in [0.25, 0.3) is 0 Å². The van der Waals surface area contributed by atoms with E-state index in [-0.39, 0.29) is 123 Å². The highest BCUT2D eigenvalue weighted by atomic mass is 33.1. The minimum Gasteiger partial charge on any atom is -0.508 e. The van der Waals surface area contributed by atoms with Crippen molar-refractivity contribution in [2.24, 2.45) is 17.8 Å². The average molecular weight is 1820 g/mol. The highest BCUT2D eigenvalue weighted by Crippen LogP contribution is 2.33. The predicted molar refractivity (Wildman–Crippen MR) is 460 cm³/mol. The van der Waals surface area contributed by atoms with Gasteiger partial charge in [-0.1, -0.05) is 143 Å². The van der Waals surface area contributed by atoms with Crippen LogP contribution in [0.4, 0.5) is 14.4 Å². The molecule has 0 aliphatic carbocycles. The molecule has 0 radical (unpaired) electrons. The molecule has 40 nitrogen and oxygen atoms in total. The number of phenols is 1. The lowest BCUT2D eigenvalue weighted by atomic mass is 9.92. The van der Waals surface area contributed by atoms with Crippen molar-refractivity contribution in [3.63, 3.8) is 0 Å². The van der Waals surface area contributed by atoms with Gasteiger partial charge < -0.3 is 97.6 Å². The Bertz CT molecular complexity index is 4320.